The first-order chi connectivity index (χ1) is 11.4. The van der Waals surface area contributed by atoms with Gasteiger partial charge < -0.3 is 10.2 Å². The quantitative estimate of drug-likeness (QED) is 0.860. The molecule has 1 aromatic heterocycles. The van der Waals surface area contributed by atoms with E-state index in [9.17, 15) is 9.18 Å². The summed E-state index contributed by atoms with van der Waals surface area (Å²) in [6.45, 7) is 5.42. The number of hydrogen-bond donors (Lipinski definition) is 1. The van der Waals surface area contributed by atoms with Gasteiger partial charge in [-0.15, -0.1) is 0 Å². The minimum absolute atomic E-state index is 0.0133. The lowest BCUT2D eigenvalue weighted by Crippen LogP contribution is -2.49. The zero-order chi connectivity index (χ0) is 17.3. The van der Waals surface area contributed by atoms with Crippen LogP contribution in [0.5, 0.6) is 0 Å². The Morgan fingerprint density at radius 1 is 1.42 bits per heavy atom. The molecule has 128 valence electrons. The highest BCUT2D eigenvalue weighted by atomic mass is 79.9. The van der Waals surface area contributed by atoms with Gasteiger partial charge in [-0.25, -0.2) is 9.37 Å². The molecule has 6 heteroatoms. The normalized spacial score (nSPS) is 18.2. The highest BCUT2D eigenvalue weighted by molar-refractivity contribution is 9.10. The highest BCUT2D eigenvalue weighted by Gasteiger charge is 2.23. The van der Waals surface area contributed by atoms with E-state index >= 15 is 0 Å². The zero-order valence-electron chi connectivity index (χ0n) is 13.9. The van der Waals surface area contributed by atoms with Crippen LogP contribution < -0.4 is 10.2 Å². The van der Waals surface area contributed by atoms with Crippen molar-refractivity contribution < 1.29 is 9.18 Å². The summed E-state index contributed by atoms with van der Waals surface area (Å²) in [7, 11) is 0. The van der Waals surface area contributed by atoms with Crippen molar-refractivity contribution in [2.24, 2.45) is 5.92 Å². The molecule has 1 N–H and O–H groups in total. The van der Waals surface area contributed by atoms with E-state index in [-0.39, 0.29) is 23.7 Å². The molecule has 1 unspecified atom stereocenters. The number of nitrogens with zero attached hydrogens (tertiary/aromatic N) is 2. The van der Waals surface area contributed by atoms with E-state index in [2.05, 4.69) is 31.1 Å². The first kappa shape index (κ1) is 17.1. The largest absolute Gasteiger partial charge is 0.355 e. The van der Waals surface area contributed by atoms with E-state index in [1.165, 1.54) is 6.07 Å². The van der Waals surface area contributed by atoms with Gasteiger partial charge in [0.15, 0.2) is 0 Å². The van der Waals surface area contributed by atoms with Gasteiger partial charge in [0.05, 0.1) is 9.99 Å². The van der Waals surface area contributed by atoms with Crippen molar-refractivity contribution >= 4 is 38.6 Å². The molecule has 1 aromatic carbocycles. The van der Waals surface area contributed by atoms with Crippen LogP contribution in [0.4, 0.5) is 10.2 Å². The van der Waals surface area contributed by atoms with Crippen molar-refractivity contribution in [1.29, 1.82) is 0 Å². The number of halogens is 2. The van der Waals surface area contributed by atoms with Gasteiger partial charge in [-0.1, -0.05) is 13.8 Å². The van der Waals surface area contributed by atoms with Crippen molar-refractivity contribution in [3.8, 4) is 0 Å². The molecule has 0 saturated carbocycles. The summed E-state index contributed by atoms with van der Waals surface area (Å²) in [5, 5.41) is 3.99. The van der Waals surface area contributed by atoms with Gasteiger partial charge in [0.1, 0.15) is 11.6 Å². The van der Waals surface area contributed by atoms with Gasteiger partial charge in [0.25, 0.3) is 0 Å². The Balaban J connectivity index is 1.79. The third-order valence-electron chi connectivity index (χ3n) is 4.33. The lowest BCUT2D eigenvalue weighted by atomic mass is 10.0. The van der Waals surface area contributed by atoms with Crippen LogP contribution >= 0.6 is 15.9 Å². The second kappa shape index (κ2) is 7.05. The molecule has 1 saturated heterocycles. The molecule has 0 radical (unpaired) electrons. The lowest BCUT2D eigenvalue weighted by Gasteiger charge is -2.34. The Morgan fingerprint density at radius 2 is 2.21 bits per heavy atom. The van der Waals surface area contributed by atoms with Crippen LogP contribution in [0.15, 0.2) is 28.7 Å². The third kappa shape index (κ3) is 3.69. The monoisotopic (exact) mass is 393 g/mol. The van der Waals surface area contributed by atoms with Crippen molar-refractivity contribution in [3.63, 3.8) is 0 Å². The Kier molecular flexibility index (Phi) is 5.04. The van der Waals surface area contributed by atoms with Crippen LogP contribution in [-0.4, -0.2) is 30.0 Å². The topological polar surface area (TPSA) is 45.2 Å². The van der Waals surface area contributed by atoms with Crippen molar-refractivity contribution in [2.45, 2.75) is 32.7 Å². The molecule has 24 heavy (non-hydrogen) atoms. The van der Waals surface area contributed by atoms with Gasteiger partial charge in [0.2, 0.25) is 5.91 Å². The molecule has 1 aliphatic rings. The van der Waals surface area contributed by atoms with E-state index in [1.54, 1.807) is 6.07 Å². The van der Waals surface area contributed by atoms with Crippen LogP contribution in [0.1, 0.15) is 26.7 Å². The number of hydrogen-bond acceptors (Lipinski definition) is 3. The minimum Gasteiger partial charge on any atom is -0.355 e. The van der Waals surface area contributed by atoms with Crippen LogP contribution in [0.2, 0.25) is 0 Å². The maximum absolute atomic E-state index is 13.8. The highest BCUT2D eigenvalue weighted by Crippen LogP contribution is 2.26. The molecule has 0 bridgehead atoms. The number of pyridine rings is 1. The number of nitrogens with one attached hydrogen (secondary N) is 1. The first-order valence-corrected chi connectivity index (χ1v) is 9.04. The molecule has 0 aliphatic carbocycles. The van der Waals surface area contributed by atoms with Gasteiger partial charge in [0, 0.05) is 36.5 Å². The molecular weight excluding hydrogens is 373 g/mol. The SMILES string of the molecule is CC(C)C(=O)NC1CCCN(c2ccc3cc(Br)c(F)cc3n2)C1. The third-order valence-corrected chi connectivity index (χ3v) is 4.94. The predicted molar refractivity (Wildman–Crippen MR) is 97.6 cm³/mol. The average Bonchev–Trinajstić information content (AvgIpc) is 2.55. The molecule has 2 aromatic rings. The van der Waals surface area contributed by atoms with E-state index in [0.29, 0.717) is 9.99 Å². The minimum atomic E-state index is -0.312. The molecule has 0 spiro atoms. The standard InChI is InChI=1S/C18H21BrFN3O/c1-11(2)18(24)21-13-4-3-7-23(10-13)17-6-5-12-8-14(19)15(20)9-16(12)22-17/h5-6,8-9,11,13H,3-4,7,10H2,1-2H3,(H,21,24). The molecule has 1 aliphatic heterocycles. The van der Waals surface area contributed by atoms with E-state index < -0.39 is 0 Å². The van der Waals surface area contributed by atoms with Crippen molar-refractivity contribution in [3.05, 3.63) is 34.6 Å². The summed E-state index contributed by atoms with van der Waals surface area (Å²) >= 11 is 3.20. The summed E-state index contributed by atoms with van der Waals surface area (Å²) < 4.78 is 14.2. The van der Waals surface area contributed by atoms with Crippen LogP contribution in [0.25, 0.3) is 10.9 Å². The van der Waals surface area contributed by atoms with Crippen LogP contribution in [0, 0.1) is 11.7 Å². The Bertz CT molecular complexity index is 765. The van der Waals surface area contributed by atoms with Gasteiger partial charge in [-0.2, -0.15) is 0 Å². The molecule has 1 fully saturated rings. The number of fused-ring (bicyclic) bond motifs is 1. The number of benzene rings is 1. The van der Waals surface area contributed by atoms with Crippen LogP contribution in [-0.2, 0) is 4.79 Å². The van der Waals surface area contributed by atoms with E-state index in [1.807, 2.05) is 26.0 Å². The molecule has 2 heterocycles. The number of carbonyl (C=O) groups excluding carboxylic acids is 1. The fourth-order valence-electron chi connectivity index (χ4n) is 2.95. The molecule has 4 nitrogen and oxygen atoms in total. The van der Waals surface area contributed by atoms with Crippen molar-refractivity contribution in [1.82, 2.24) is 10.3 Å². The van der Waals surface area contributed by atoms with E-state index in [0.717, 1.165) is 37.1 Å². The van der Waals surface area contributed by atoms with Gasteiger partial charge >= 0.3 is 0 Å². The summed E-state index contributed by atoms with van der Waals surface area (Å²) in [6.07, 6.45) is 1.97. The fraction of sp³-hybridized carbons (Fsp3) is 0.444. The number of aromatic nitrogens is 1. The molecular formula is C18H21BrFN3O. The summed E-state index contributed by atoms with van der Waals surface area (Å²) in [4.78, 5) is 18.7. The molecule has 1 amide bonds. The Hall–Kier alpha value is -1.69. The summed E-state index contributed by atoms with van der Waals surface area (Å²) in [5.41, 5.74) is 0.640. The fourth-order valence-corrected chi connectivity index (χ4v) is 3.32. The predicted octanol–water partition coefficient (Wildman–Crippen LogP) is 3.88. The van der Waals surface area contributed by atoms with Gasteiger partial charge in [-0.3, -0.25) is 4.79 Å². The Morgan fingerprint density at radius 3 is 2.96 bits per heavy atom. The van der Waals surface area contributed by atoms with Gasteiger partial charge in [-0.05, 0) is 47.0 Å². The van der Waals surface area contributed by atoms with Crippen molar-refractivity contribution in [2.75, 3.05) is 18.0 Å². The zero-order valence-corrected chi connectivity index (χ0v) is 15.4. The molecule has 1 atom stereocenters. The maximum atomic E-state index is 13.8. The number of amides is 1. The molecule has 3 rings (SSSR count). The van der Waals surface area contributed by atoms with E-state index in [4.69, 9.17) is 0 Å². The number of carbonyl (C=O) groups is 1. The number of anilines is 1. The Labute approximate surface area is 149 Å². The second-order valence-corrected chi connectivity index (χ2v) is 7.43. The average molecular weight is 394 g/mol. The number of rotatable bonds is 3. The maximum Gasteiger partial charge on any atom is 0.222 e. The lowest BCUT2D eigenvalue weighted by molar-refractivity contribution is -0.124. The second-order valence-electron chi connectivity index (χ2n) is 6.58. The summed E-state index contributed by atoms with van der Waals surface area (Å²) in [5.74, 6) is 0.585. The first-order valence-electron chi connectivity index (χ1n) is 8.25. The smallest absolute Gasteiger partial charge is 0.222 e. The summed E-state index contributed by atoms with van der Waals surface area (Å²) in [6, 6.07) is 7.24. The number of piperidine rings is 1. The van der Waals surface area contributed by atoms with Crippen LogP contribution in [0.3, 0.4) is 0 Å².